The number of hydrogen-bond acceptors (Lipinski definition) is 2. The number of rotatable bonds is 3. The SMILES string of the molecule is O=C(Cl)OCCc1cccc(Br)c1. The number of benzene rings is 1. The highest BCUT2D eigenvalue weighted by Gasteiger charge is 1.97. The molecule has 0 bridgehead atoms. The Hall–Kier alpha value is -0.540. The first kappa shape index (κ1) is 10.5. The first-order valence-corrected chi connectivity index (χ1v) is 4.92. The summed E-state index contributed by atoms with van der Waals surface area (Å²) in [7, 11) is 0. The Balaban J connectivity index is 2.41. The molecule has 0 unspecified atom stereocenters. The van der Waals surface area contributed by atoms with Gasteiger partial charge in [0.2, 0.25) is 0 Å². The van der Waals surface area contributed by atoms with Crippen LogP contribution in [0.25, 0.3) is 0 Å². The van der Waals surface area contributed by atoms with Crippen LogP contribution in [-0.4, -0.2) is 12.0 Å². The van der Waals surface area contributed by atoms with Gasteiger partial charge in [-0.05, 0) is 17.7 Å². The molecule has 0 saturated carbocycles. The van der Waals surface area contributed by atoms with E-state index in [-0.39, 0.29) is 0 Å². The summed E-state index contributed by atoms with van der Waals surface area (Å²) >= 11 is 8.35. The van der Waals surface area contributed by atoms with Gasteiger partial charge in [-0.3, -0.25) is 0 Å². The van der Waals surface area contributed by atoms with E-state index in [0.29, 0.717) is 13.0 Å². The second-order valence-electron chi connectivity index (χ2n) is 2.47. The van der Waals surface area contributed by atoms with E-state index in [2.05, 4.69) is 20.7 Å². The van der Waals surface area contributed by atoms with Gasteiger partial charge in [0.1, 0.15) is 0 Å². The summed E-state index contributed by atoms with van der Waals surface area (Å²) < 4.78 is 5.61. The van der Waals surface area contributed by atoms with E-state index in [4.69, 9.17) is 11.6 Å². The van der Waals surface area contributed by atoms with Crippen molar-refractivity contribution in [3.05, 3.63) is 34.3 Å². The average Bonchev–Trinajstić information content (AvgIpc) is 2.03. The zero-order valence-electron chi connectivity index (χ0n) is 6.80. The highest BCUT2D eigenvalue weighted by Crippen LogP contribution is 2.12. The second-order valence-corrected chi connectivity index (χ2v) is 3.69. The number of carbonyl (C=O) groups excluding carboxylic acids is 1. The highest BCUT2D eigenvalue weighted by molar-refractivity contribution is 9.10. The van der Waals surface area contributed by atoms with Crippen LogP contribution in [0.3, 0.4) is 0 Å². The molecular formula is C9H8BrClO2. The molecule has 0 aromatic heterocycles. The van der Waals surface area contributed by atoms with Crippen molar-refractivity contribution < 1.29 is 9.53 Å². The normalized spacial score (nSPS) is 9.69. The summed E-state index contributed by atoms with van der Waals surface area (Å²) in [5.74, 6) is 0. The molecule has 0 N–H and O–H groups in total. The molecule has 0 heterocycles. The van der Waals surface area contributed by atoms with E-state index in [1.54, 1.807) is 0 Å². The third-order valence-corrected chi connectivity index (χ3v) is 2.10. The topological polar surface area (TPSA) is 26.3 Å². The van der Waals surface area contributed by atoms with Gasteiger partial charge in [0, 0.05) is 22.5 Å². The Morgan fingerprint density at radius 1 is 1.54 bits per heavy atom. The quantitative estimate of drug-likeness (QED) is 0.782. The maximum Gasteiger partial charge on any atom is 0.403 e. The van der Waals surface area contributed by atoms with E-state index in [1.807, 2.05) is 24.3 Å². The molecular weight excluding hydrogens is 255 g/mol. The lowest BCUT2D eigenvalue weighted by Gasteiger charge is -2.01. The summed E-state index contributed by atoms with van der Waals surface area (Å²) in [6.45, 7) is 0.318. The molecule has 0 atom stereocenters. The van der Waals surface area contributed by atoms with E-state index >= 15 is 0 Å². The van der Waals surface area contributed by atoms with Crippen LogP contribution in [0.4, 0.5) is 4.79 Å². The van der Waals surface area contributed by atoms with Crippen molar-refractivity contribution in [1.82, 2.24) is 0 Å². The Kier molecular flexibility index (Phi) is 4.25. The molecule has 0 saturated heterocycles. The molecule has 1 rings (SSSR count). The maximum atomic E-state index is 10.2. The smallest absolute Gasteiger partial charge is 0.403 e. The minimum absolute atomic E-state index is 0.318. The molecule has 0 aliphatic rings. The predicted molar refractivity (Wildman–Crippen MR) is 55.0 cm³/mol. The van der Waals surface area contributed by atoms with Crippen LogP contribution in [0.1, 0.15) is 5.56 Å². The van der Waals surface area contributed by atoms with Crippen molar-refractivity contribution in [2.45, 2.75) is 6.42 Å². The van der Waals surface area contributed by atoms with Crippen LogP contribution in [0.2, 0.25) is 0 Å². The first-order chi connectivity index (χ1) is 6.18. The fourth-order valence-electron chi connectivity index (χ4n) is 0.942. The van der Waals surface area contributed by atoms with Gasteiger partial charge in [-0.1, -0.05) is 28.1 Å². The van der Waals surface area contributed by atoms with Gasteiger partial charge in [-0.25, -0.2) is 4.79 Å². The first-order valence-electron chi connectivity index (χ1n) is 3.75. The summed E-state index contributed by atoms with van der Waals surface area (Å²) in [5, 5.41) is 0. The van der Waals surface area contributed by atoms with Crippen LogP contribution < -0.4 is 0 Å². The summed E-state index contributed by atoms with van der Waals surface area (Å²) in [6, 6.07) is 7.81. The molecule has 0 amide bonds. The number of ether oxygens (including phenoxy) is 1. The fraction of sp³-hybridized carbons (Fsp3) is 0.222. The molecule has 0 fully saturated rings. The average molecular weight is 264 g/mol. The summed E-state index contributed by atoms with van der Waals surface area (Å²) in [5.41, 5.74) is 0.349. The van der Waals surface area contributed by atoms with Gasteiger partial charge < -0.3 is 4.74 Å². The Morgan fingerprint density at radius 2 is 2.31 bits per heavy atom. The Labute approximate surface area is 90.0 Å². The van der Waals surface area contributed by atoms with Crippen LogP contribution >= 0.6 is 27.5 Å². The molecule has 0 aliphatic heterocycles. The molecule has 0 spiro atoms. The Morgan fingerprint density at radius 3 is 2.92 bits per heavy atom. The Bertz CT molecular complexity index is 301. The van der Waals surface area contributed by atoms with Crippen molar-refractivity contribution >= 4 is 33.0 Å². The van der Waals surface area contributed by atoms with Crippen LogP contribution in [-0.2, 0) is 11.2 Å². The van der Waals surface area contributed by atoms with Crippen LogP contribution in [0.15, 0.2) is 28.7 Å². The van der Waals surface area contributed by atoms with Crippen molar-refractivity contribution in [3.63, 3.8) is 0 Å². The van der Waals surface area contributed by atoms with E-state index in [9.17, 15) is 4.79 Å². The van der Waals surface area contributed by atoms with E-state index in [1.165, 1.54) is 0 Å². The van der Waals surface area contributed by atoms with E-state index in [0.717, 1.165) is 10.0 Å². The standard InChI is InChI=1S/C9H8BrClO2/c10-8-3-1-2-7(6-8)4-5-13-9(11)12/h1-3,6H,4-5H2. The van der Waals surface area contributed by atoms with Crippen molar-refractivity contribution in [1.29, 1.82) is 0 Å². The van der Waals surface area contributed by atoms with Gasteiger partial charge in [0.15, 0.2) is 0 Å². The van der Waals surface area contributed by atoms with Gasteiger partial charge >= 0.3 is 5.43 Å². The highest BCUT2D eigenvalue weighted by atomic mass is 79.9. The van der Waals surface area contributed by atoms with Gasteiger partial charge in [-0.15, -0.1) is 0 Å². The third kappa shape index (κ3) is 4.29. The van der Waals surface area contributed by atoms with Gasteiger partial charge in [-0.2, -0.15) is 0 Å². The third-order valence-electron chi connectivity index (χ3n) is 1.50. The van der Waals surface area contributed by atoms with Crippen LogP contribution in [0, 0.1) is 0 Å². The van der Waals surface area contributed by atoms with Gasteiger partial charge in [0.05, 0.1) is 6.61 Å². The fourth-order valence-corrected chi connectivity index (χ4v) is 1.47. The van der Waals surface area contributed by atoms with E-state index < -0.39 is 5.43 Å². The molecule has 13 heavy (non-hydrogen) atoms. The number of hydrogen-bond donors (Lipinski definition) is 0. The number of carbonyl (C=O) groups is 1. The minimum atomic E-state index is -0.755. The molecule has 4 heteroatoms. The molecule has 1 aromatic carbocycles. The largest absolute Gasteiger partial charge is 0.453 e. The molecule has 0 aliphatic carbocycles. The second kappa shape index (κ2) is 5.25. The predicted octanol–water partition coefficient (Wildman–Crippen LogP) is 3.37. The lowest BCUT2D eigenvalue weighted by Crippen LogP contribution is -1.99. The molecule has 0 radical (unpaired) electrons. The lowest BCUT2D eigenvalue weighted by atomic mass is 10.2. The van der Waals surface area contributed by atoms with Gasteiger partial charge in [0.25, 0.3) is 0 Å². The molecule has 1 aromatic rings. The van der Waals surface area contributed by atoms with Crippen LogP contribution in [0.5, 0.6) is 0 Å². The summed E-state index contributed by atoms with van der Waals surface area (Å²) in [6.07, 6.45) is 0.678. The molecule has 2 nitrogen and oxygen atoms in total. The number of halogens is 2. The van der Waals surface area contributed by atoms with Crippen molar-refractivity contribution in [3.8, 4) is 0 Å². The zero-order chi connectivity index (χ0) is 9.68. The summed E-state index contributed by atoms with van der Waals surface area (Å²) in [4.78, 5) is 10.2. The lowest BCUT2D eigenvalue weighted by molar-refractivity contribution is 0.175. The zero-order valence-corrected chi connectivity index (χ0v) is 9.14. The minimum Gasteiger partial charge on any atom is -0.453 e. The monoisotopic (exact) mass is 262 g/mol. The maximum absolute atomic E-state index is 10.2. The molecule has 70 valence electrons. The van der Waals surface area contributed by atoms with Crippen molar-refractivity contribution in [2.75, 3.05) is 6.61 Å². The van der Waals surface area contributed by atoms with Crippen molar-refractivity contribution in [2.24, 2.45) is 0 Å².